The van der Waals surface area contributed by atoms with Crippen LogP contribution in [0.4, 0.5) is 0 Å². The second-order valence-corrected chi connectivity index (χ2v) is 8.38. The monoisotopic (exact) mass is 402 g/mol. The minimum atomic E-state index is -6.12. The molecule has 0 radical (unpaired) electrons. The number of thiophene rings is 1. The number of sulfonamides is 2. The van der Waals surface area contributed by atoms with Crippen molar-refractivity contribution in [2.75, 3.05) is 33.1 Å². The summed E-state index contributed by atoms with van der Waals surface area (Å²) >= 11 is -0.532. The smallest absolute Gasteiger partial charge is 0.252 e. The number of hydrogen-bond donors (Lipinski definition) is 2. The predicted molar refractivity (Wildman–Crippen MR) is 87.4 cm³/mol. The van der Waals surface area contributed by atoms with Crippen LogP contribution in [0.5, 0.6) is 0 Å². The van der Waals surface area contributed by atoms with E-state index in [1.165, 1.54) is 0 Å². The van der Waals surface area contributed by atoms with Gasteiger partial charge in [0.2, 0.25) is 10.0 Å². The molecule has 8 nitrogen and oxygen atoms in total. The Kier molecular flexibility index (Phi) is 1.78. The van der Waals surface area contributed by atoms with E-state index in [9.17, 15) is 16.8 Å². The Balaban J connectivity index is 3.20. The summed E-state index contributed by atoms with van der Waals surface area (Å²) in [5.41, 5.74) is -1.70. The molecule has 0 amide bonds. The standard InChI is InChI=1S/C12H21N3O5S3/c1-3-14-10-8-15(5-4-6-20-2)23(18,19)12-9(10)7-11(21-12)22(13,16)17/h7,10,14H,3-6,8H2,1-2H3,(H2,13,16,17)/t10-/m0/s1/i1D3,2D3,3D2,4D2,5D2,6D2,7D,8D2,10D/hD. The van der Waals surface area contributed by atoms with E-state index >= 15 is 0 Å². The van der Waals surface area contributed by atoms with Gasteiger partial charge in [0.25, 0.3) is 10.0 Å². The van der Waals surface area contributed by atoms with Gasteiger partial charge in [-0.15, -0.1) is 11.3 Å². The molecule has 0 fully saturated rings. The molecule has 0 bridgehead atoms. The van der Waals surface area contributed by atoms with Gasteiger partial charge < -0.3 is 10.0 Å². The Morgan fingerprint density at radius 3 is 3.26 bits per heavy atom. The van der Waals surface area contributed by atoms with Crippen LogP contribution in [0.1, 0.15) is 49.5 Å². The van der Waals surface area contributed by atoms with E-state index in [4.69, 9.17) is 31.2 Å². The van der Waals surface area contributed by atoms with Gasteiger partial charge in [-0.25, -0.2) is 22.0 Å². The molecule has 0 unspecified atom stereocenters. The Morgan fingerprint density at radius 2 is 2.61 bits per heavy atom. The van der Waals surface area contributed by atoms with Crippen LogP contribution in [0, 0.1) is 0 Å². The first-order chi connectivity index (χ1) is 18.0. The van der Waals surface area contributed by atoms with Gasteiger partial charge in [0, 0.05) is 53.3 Å². The van der Waals surface area contributed by atoms with Crippen LogP contribution in [0.2, 0.25) is 1.41 Å². The number of hydrogen-bond acceptors (Lipinski definition) is 7. The average molecular weight is 403 g/mol. The fourth-order valence-corrected chi connectivity index (χ4v) is 4.93. The van der Waals surface area contributed by atoms with Crippen molar-refractivity contribution in [3.05, 3.63) is 11.6 Å². The minimum absolute atomic E-state index is 0.532. The summed E-state index contributed by atoms with van der Waals surface area (Å²) in [7, 11) is -15.0. The topological polar surface area (TPSA) is 119 Å². The lowest BCUT2D eigenvalue weighted by molar-refractivity contribution is 0.185. The number of methoxy groups -OCH3 is 1. The molecule has 1 atom stereocenters. The number of primary sulfonamides is 1. The first kappa shape index (κ1) is 5.73. The quantitative estimate of drug-likeness (QED) is 0.667. The number of likely N-dealkylation sites (N-methyl/N-ethyl adjacent to an activating group) is 1. The third-order valence-corrected chi connectivity index (χ3v) is 6.68. The molecule has 0 aromatic carbocycles. The Labute approximate surface area is 167 Å². The summed E-state index contributed by atoms with van der Waals surface area (Å²) < 4.78 is 200. The first-order valence-corrected chi connectivity index (χ1v) is 9.01. The summed E-state index contributed by atoms with van der Waals surface area (Å²) in [6.45, 7) is -21.8. The van der Waals surface area contributed by atoms with Crippen molar-refractivity contribution in [2.24, 2.45) is 5.14 Å². The SMILES string of the molecule is [2H]c1c(S(N)(=O)=O)sc2c1[C@@]([2H])(N([2H])C([2H])([2H])C([2H])([2H])[2H])C([2H])([2H])N(C([2H])([2H])C([2H])([2H])C([2H])([2H])OC([2H])([2H])[2H])S2(=O)=O. The molecule has 0 spiro atoms. The number of rotatable bonds is 7. The lowest BCUT2D eigenvalue weighted by Gasteiger charge is -2.32. The van der Waals surface area contributed by atoms with Crippen molar-refractivity contribution >= 4 is 31.4 Å². The predicted octanol–water partition coefficient (Wildman–Crippen LogP) is 0.0869. The second-order valence-electron chi connectivity index (χ2n) is 3.62. The molecule has 1 aromatic rings. The van der Waals surface area contributed by atoms with Gasteiger partial charge in [-0.2, -0.15) is 4.31 Å². The van der Waals surface area contributed by atoms with E-state index in [1.807, 2.05) is 0 Å². The highest BCUT2D eigenvalue weighted by atomic mass is 32.3. The van der Waals surface area contributed by atoms with Gasteiger partial charge in [-0.1, -0.05) is 6.85 Å². The van der Waals surface area contributed by atoms with E-state index in [0.717, 1.165) is 0 Å². The van der Waals surface area contributed by atoms with E-state index in [0.29, 0.717) is 0 Å². The zero-order chi connectivity index (χ0) is 33.9. The van der Waals surface area contributed by atoms with E-state index < -0.39 is 113 Å². The summed E-state index contributed by atoms with van der Waals surface area (Å²) in [6, 6.07) is -5.91. The third kappa shape index (κ3) is 3.92. The highest BCUT2D eigenvalue weighted by Gasteiger charge is 2.39. The van der Waals surface area contributed by atoms with Gasteiger partial charge in [0.1, 0.15) is 9.83 Å². The maximum absolute atomic E-state index is 13.7. The molecule has 3 N–H and O–H groups in total. The van der Waals surface area contributed by atoms with Crippen molar-refractivity contribution in [1.82, 2.24) is 9.62 Å². The van der Waals surface area contributed by atoms with Crippen LogP contribution in [-0.4, -0.2) is 54.2 Å². The molecule has 0 saturated heterocycles. The summed E-state index contributed by atoms with van der Waals surface area (Å²) in [4.78, 5) is 0. The first-order valence-electron chi connectivity index (χ1n) is 14.7. The van der Waals surface area contributed by atoms with Gasteiger partial charge in [-0.05, 0) is 18.9 Å². The lowest BCUT2D eigenvalue weighted by Crippen LogP contribution is -2.43. The molecule has 132 valence electrons. The van der Waals surface area contributed by atoms with Crippen LogP contribution in [0.15, 0.2) is 14.5 Å². The number of fused-ring (bicyclic) bond motifs is 1. The zero-order valence-corrected chi connectivity index (χ0v) is 13.2. The van der Waals surface area contributed by atoms with Crippen LogP contribution >= 0.6 is 11.3 Å². The molecule has 1 aliphatic rings. The average Bonchev–Trinajstić information content (AvgIpc) is 3.07. The summed E-state index contributed by atoms with van der Waals surface area (Å²) in [5.74, 6) is 0. The van der Waals surface area contributed by atoms with Crippen molar-refractivity contribution in [3.8, 4) is 0 Å². The van der Waals surface area contributed by atoms with Crippen molar-refractivity contribution in [1.29, 1.82) is 0 Å². The largest absolute Gasteiger partial charge is 0.385 e. The minimum Gasteiger partial charge on any atom is -0.385 e. The lowest BCUT2D eigenvalue weighted by atomic mass is 10.1. The Bertz CT molecular complexity index is 1470. The fraction of sp³-hybridized carbons (Fsp3) is 0.667. The Hall–Kier alpha value is -0.560. The van der Waals surface area contributed by atoms with Crippen LogP contribution in [0.25, 0.3) is 0 Å². The summed E-state index contributed by atoms with van der Waals surface area (Å²) in [6.07, 6.45) is -4.56. The fourth-order valence-electron chi connectivity index (χ4n) is 1.40. The highest BCUT2D eigenvalue weighted by Crippen LogP contribution is 2.39. The molecule has 0 saturated carbocycles. The van der Waals surface area contributed by atoms with Crippen molar-refractivity contribution < 1.29 is 47.7 Å². The molecular formula is C12H21N3O5S3. The van der Waals surface area contributed by atoms with Crippen molar-refractivity contribution in [3.63, 3.8) is 0 Å². The van der Waals surface area contributed by atoms with Gasteiger partial charge in [-0.3, -0.25) is 0 Å². The molecular weight excluding hydrogens is 362 g/mol. The van der Waals surface area contributed by atoms with Gasteiger partial charge in [0.15, 0.2) is 0 Å². The second kappa shape index (κ2) is 7.13. The maximum Gasteiger partial charge on any atom is 0.252 e. The van der Waals surface area contributed by atoms with E-state index in [1.54, 1.807) is 0 Å². The molecule has 23 heavy (non-hydrogen) atoms. The Morgan fingerprint density at radius 1 is 1.83 bits per heavy atom. The normalized spacial score (nSPS) is 42.6. The zero-order valence-electron chi connectivity index (χ0n) is 29.7. The van der Waals surface area contributed by atoms with E-state index in [2.05, 4.69) is 4.74 Å². The number of nitrogens with zero attached hydrogens (tertiary/aromatic N) is 1. The van der Waals surface area contributed by atoms with Gasteiger partial charge in [0.05, 0.1) is 9.60 Å². The number of nitrogens with two attached hydrogens (primary N) is 1. The molecule has 2 heterocycles. The number of nitrogens with one attached hydrogen (secondary N) is 1. The van der Waals surface area contributed by atoms with Crippen LogP contribution in [0.3, 0.4) is 0 Å². The number of ether oxygens (including phenoxy) is 1. The van der Waals surface area contributed by atoms with Crippen molar-refractivity contribution in [2.45, 2.75) is 27.7 Å². The van der Waals surface area contributed by atoms with Gasteiger partial charge >= 0.3 is 0 Å². The maximum atomic E-state index is 13.7. The van der Waals surface area contributed by atoms with Crippen LogP contribution in [-0.2, 0) is 24.8 Å². The molecule has 1 aromatic heterocycles. The highest BCUT2D eigenvalue weighted by molar-refractivity contribution is 7.94. The molecule has 11 heteroatoms. The molecule has 1 aliphatic heterocycles. The van der Waals surface area contributed by atoms with Crippen LogP contribution < -0.4 is 10.4 Å². The summed E-state index contributed by atoms with van der Waals surface area (Å²) in [5, 5.41) is 3.94. The van der Waals surface area contributed by atoms with E-state index in [-0.39, 0.29) is 0 Å². The molecule has 2 rings (SSSR count). The molecule has 0 aliphatic carbocycles. The third-order valence-electron chi connectivity index (χ3n) is 2.22.